The van der Waals surface area contributed by atoms with Crippen molar-refractivity contribution in [1.29, 1.82) is 0 Å². The Kier molecular flexibility index (Phi) is 4.01. The predicted molar refractivity (Wildman–Crippen MR) is 99.2 cm³/mol. The van der Waals surface area contributed by atoms with Crippen LogP contribution in [0.1, 0.15) is 22.2 Å². The van der Waals surface area contributed by atoms with Crippen molar-refractivity contribution < 1.29 is 14.3 Å². The highest BCUT2D eigenvalue weighted by molar-refractivity contribution is 7.20. The fourth-order valence-corrected chi connectivity index (χ4v) is 4.25. The molecule has 0 N–H and O–H groups in total. The van der Waals surface area contributed by atoms with Crippen LogP contribution in [0.3, 0.4) is 0 Å². The number of fused-ring (bicyclic) bond motifs is 2. The Balaban J connectivity index is 1.46. The number of carbonyl (C=O) groups excluding carboxylic acids is 2. The van der Waals surface area contributed by atoms with Crippen molar-refractivity contribution in [3.63, 3.8) is 0 Å². The van der Waals surface area contributed by atoms with E-state index in [4.69, 9.17) is 4.74 Å². The molecule has 0 fully saturated rings. The first-order chi connectivity index (χ1) is 12.1. The smallest absolute Gasteiger partial charge is 0.348 e. The van der Waals surface area contributed by atoms with E-state index in [0.717, 1.165) is 27.8 Å². The van der Waals surface area contributed by atoms with Crippen LogP contribution in [-0.4, -0.2) is 24.5 Å². The number of para-hydroxylation sites is 1. The van der Waals surface area contributed by atoms with Crippen molar-refractivity contribution in [3.05, 3.63) is 65.0 Å². The van der Waals surface area contributed by atoms with Crippen molar-refractivity contribution in [2.24, 2.45) is 0 Å². The Morgan fingerprint density at radius 1 is 1.16 bits per heavy atom. The van der Waals surface area contributed by atoms with E-state index in [2.05, 4.69) is 0 Å². The zero-order valence-electron chi connectivity index (χ0n) is 13.8. The maximum Gasteiger partial charge on any atom is 0.348 e. The van der Waals surface area contributed by atoms with Gasteiger partial charge >= 0.3 is 5.97 Å². The third-order valence-corrected chi connectivity index (χ3v) is 5.53. The topological polar surface area (TPSA) is 46.6 Å². The zero-order chi connectivity index (χ0) is 17.4. The lowest BCUT2D eigenvalue weighted by Crippen LogP contribution is -2.38. The van der Waals surface area contributed by atoms with Crippen LogP contribution < -0.4 is 4.90 Å². The first kappa shape index (κ1) is 15.8. The number of anilines is 1. The average molecular weight is 351 g/mol. The molecule has 1 aliphatic rings. The Bertz CT molecular complexity index is 929. The van der Waals surface area contributed by atoms with E-state index in [1.165, 1.54) is 11.3 Å². The van der Waals surface area contributed by atoms with Crippen LogP contribution >= 0.6 is 11.3 Å². The number of benzene rings is 2. The molecule has 3 aromatic rings. The number of ether oxygens (including phenoxy) is 1. The van der Waals surface area contributed by atoms with Gasteiger partial charge in [0.25, 0.3) is 5.91 Å². The lowest BCUT2D eigenvalue weighted by molar-refractivity contribution is -0.122. The molecule has 0 saturated heterocycles. The minimum absolute atomic E-state index is 0.0768. The van der Waals surface area contributed by atoms with Crippen LogP contribution in [0.5, 0.6) is 0 Å². The van der Waals surface area contributed by atoms with Gasteiger partial charge in [-0.2, -0.15) is 0 Å². The molecule has 0 unspecified atom stereocenters. The lowest BCUT2D eigenvalue weighted by Gasteiger charge is -2.22. The van der Waals surface area contributed by atoms with Gasteiger partial charge in [-0.25, -0.2) is 4.79 Å². The van der Waals surface area contributed by atoms with Crippen molar-refractivity contribution in [1.82, 2.24) is 0 Å². The monoisotopic (exact) mass is 351 g/mol. The van der Waals surface area contributed by atoms with Crippen LogP contribution in [0.4, 0.5) is 5.69 Å². The average Bonchev–Trinajstić information content (AvgIpc) is 3.19. The van der Waals surface area contributed by atoms with Crippen LogP contribution in [0.15, 0.2) is 54.6 Å². The van der Waals surface area contributed by atoms with E-state index in [-0.39, 0.29) is 18.6 Å². The van der Waals surface area contributed by atoms with Gasteiger partial charge in [0.2, 0.25) is 0 Å². The van der Waals surface area contributed by atoms with Crippen molar-refractivity contribution >= 4 is 39.0 Å². The van der Waals surface area contributed by atoms with Gasteiger partial charge in [-0.15, -0.1) is 11.3 Å². The zero-order valence-corrected chi connectivity index (χ0v) is 14.6. The van der Waals surface area contributed by atoms with Crippen molar-refractivity contribution in [2.75, 3.05) is 11.5 Å². The minimum atomic E-state index is -0.449. The Labute approximate surface area is 149 Å². The summed E-state index contributed by atoms with van der Waals surface area (Å²) >= 11 is 1.38. The normalized spacial score (nSPS) is 16.0. The van der Waals surface area contributed by atoms with Gasteiger partial charge in [-0.1, -0.05) is 36.4 Å². The molecule has 0 aliphatic carbocycles. The van der Waals surface area contributed by atoms with Gasteiger partial charge in [0.15, 0.2) is 6.61 Å². The Morgan fingerprint density at radius 2 is 1.92 bits per heavy atom. The van der Waals surface area contributed by atoms with Gasteiger partial charge < -0.3 is 9.64 Å². The molecular weight excluding hydrogens is 334 g/mol. The van der Waals surface area contributed by atoms with Gasteiger partial charge in [0.05, 0.1) is 0 Å². The van der Waals surface area contributed by atoms with Crippen LogP contribution in [0, 0.1) is 0 Å². The minimum Gasteiger partial charge on any atom is -0.451 e. The molecule has 0 spiro atoms. The van der Waals surface area contributed by atoms with Gasteiger partial charge in [-0.05, 0) is 42.5 Å². The van der Waals surface area contributed by atoms with Gasteiger partial charge in [-0.3, -0.25) is 4.79 Å². The number of hydrogen-bond acceptors (Lipinski definition) is 4. The molecule has 1 aliphatic heterocycles. The third-order valence-electron chi connectivity index (χ3n) is 4.43. The highest BCUT2D eigenvalue weighted by atomic mass is 32.1. The highest BCUT2D eigenvalue weighted by Crippen LogP contribution is 2.32. The fourth-order valence-electron chi connectivity index (χ4n) is 3.30. The quantitative estimate of drug-likeness (QED) is 0.669. The molecule has 1 aromatic heterocycles. The van der Waals surface area contributed by atoms with E-state index in [1.54, 1.807) is 11.0 Å². The van der Waals surface area contributed by atoms with Gasteiger partial charge in [0.1, 0.15) is 4.88 Å². The number of carbonyl (C=O) groups is 2. The SMILES string of the molecule is C[C@H]1Cc2ccccc2N1C(=O)COC(=O)c1cc2ccccc2s1. The largest absolute Gasteiger partial charge is 0.451 e. The molecule has 4 rings (SSSR count). The molecular formula is C20H17NO3S. The summed E-state index contributed by atoms with van der Waals surface area (Å²) in [6, 6.07) is 17.5. The van der Waals surface area contributed by atoms with Gasteiger partial charge in [0, 0.05) is 16.4 Å². The van der Waals surface area contributed by atoms with Crippen LogP contribution in [0.25, 0.3) is 10.1 Å². The number of hydrogen-bond donors (Lipinski definition) is 0. The first-order valence-electron chi connectivity index (χ1n) is 8.19. The third kappa shape index (κ3) is 2.91. The van der Waals surface area contributed by atoms with E-state index < -0.39 is 5.97 Å². The second kappa shape index (κ2) is 6.33. The maximum absolute atomic E-state index is 12.6. The molecule has 126 valence electrons. The summed E-state index contributed by atoms with van der Waals surface area (Å²) < 4.78 is 6.31. The molecule has 1 atom stereocenters. The molecule has 0 radical (unpaired) electrons. The number of esters is 1. The second-order valence-electron chi connectivity index (χ2n) is 6.17. The second-order valence-corrected chi connectivity index (χ2v) is 7.25. The van der Waals surface area contributed by atoms with Crippen LogP contribution in [-0.2, 0) is 16.0 Å². The van der Waals surface area contributed by atoms with Crippen molar-refractivity contribution in [3.8, 4) is 0 Å². The number of nitrogens with zero attached hydrogens (tertiary/aromatic N) is 1. The summed E-state index contributed by atoms with van der Waals surface area (Å²) in [5.74, 6) is -0.637. The van der Waals surface area contributed by atoms with E-state index >= 15 is 0 Å². The molecule has 25 heavy (non-hydrogen) atoms. The maximum atomic E-state index is 12.6. The number of thiophene rings is 1. The summed E-state index contributed by atoms with van der Waals surface area (Å²) in [4.78, 5) is 27.1. The molecule has 5 heteroatoms. The Hall–Kier alpha value is -2.66. The summed E-state index contributed by atoms with van der Waals surface area (Å²) in [6.07, 6.45) is 0.826. The predicted octanol–water partition coefficient (Wildman–Crippen LogP) is 4.04. The van der Waals surface area contributed by atoms with E-state index in [0.29, 0.717) is 4.88 Å². The first-order valence-corrected chi connectivity index (χ1v) is 9.01. The number of rotatable bonds is 3. The fraction of sp³-hybridized carbons (Fsp3) is 0.200. The van der Waals surface area contributed by atoms with E-state index in [1.807, 2.05) is 55.5 Å². The summed E-state index contributed by atoms with van der Waals surface area (Å²) in [5, 5.41) is 1.01. The van der Waals surface area contributed by atoms with E-state index in [9.17, 15) is 9.59 Å². The standard InChI is InChI=1S/C20H17NO3S/c1-13-10-14-6-2-4-8-16(14)21(13)19(22)12-24-20(23)18-11-15-7-3-5-9-17(15)25-18/h2-9,11,13H,10,12H2,1H3/t13-/m0/s1. The lowest BCUT2D eigenvalue weighted by atomic mass is 10.1. The highest BCUT2D eigenvalue weighted by Gasteiger charge is 2.31. The molecule has 2 heterocycles. The number of amides is 1. The molecule has 0 bridgehead atoms. The van der Waals surface area contributed by atoms with Crippen molar-refractivity contribution in [2.45, 2.75) is 19.4 Å². The summed E-state index contributed by atoms with van der Waals surface area (Å²) in [5.41, 5.74) is 2.07. The molecule has 1 amide bonds. The molecule has 0 saturated carbocycles. The summed E-state index contributed by atoms with van der Waals surface area (Å²) in [7, 11) is 0. The summed E-state index contributed by atoms with van der Waals surface area (Å²) in [6.45, 7) is 1.76. The van der Waals surface area contributed by atoms with Crippen LogP contribution in [0.2, 0.25) is 0 Å². The Morgan fingerprint density at radius 3 is 2.76 bits per heavy atom. The molecule has 2 aromatic carbocycles. The molecule has 4 nitrogen and oxygen atoms in total.